The smallest absolute Gasteiger partial charge is 0.344 e. The van der Waals surface area contributed by atoms with E-state index >= 15 is 0 Å². The molecule has 1 saturated carbocycles. The first kappa shape index (κ1) is 23.9. The highest BCUT2D eigenvalue weighted by Crippen LogP contribution is 2.29. The third kappa shape index (κ3) is 7.86. The third-order valence-electron chi connectivity index (χ3n) is 4.85. The molecule has 156 valence electrons. The van der Waals surface area contributed by atoms with Crippen molar-refractivity contribution in [2.24, 2.45) is 17.6 Å². The van der Waals surface area contributed by atoms with Crippen LogP contribution in [0.5, 0.6) is 5.75 Å². The average molecular weight is 414 g/mol. The van der Waals surface area contributed by atoms with Crippen molar-refractivity contribution in [3.63, 3.8) is 0 Å². The summed E-state index contributed by atoms with van der Waals surface area (Å²) in [7, 11) is 1.23. The van der Waals surface area contributed by atoms with Crippen molar-refractivity contribution in [3.8, 4) is 5.75 Å². The Hall–Kier alpha value is -2.12. The maximum absolute atomic E-state index is 12.3. The summed E-state index contributed by atoms with van der Waals surface area (Å²) in [6.07, 6.45) is 4.22. The van der Waals surface area contributed by atoms with Gasteiger partial charge in [0.1, 0.15) is 5.75 Å². The number of rotatable bonds is 8. The number of ether oxygens (including phenoxy) is 3. The van der Waals surface area contributed by atoms with E-state index in [1.54, 1.807) is 12.1 Å². The fourth-order valence-corrected chi connectivity index (χ4v) is 3.07. The number of hydrogen-bond acceptors (Lipinski definition) is 7. The van der Waals surface area contributed by atoms with Gasteiger partial charge in [-0.25, -0.2) is 4.79 Å². The molecule has 0 amide bonds. The van der Waals surface area contributed by atoms with Crippen LogP contribution in [0.15, 0.2) is 24.3 Å². The van der Waals surface area contributed by atoms with E-state index in [0.29, 0.717) is 24.6 Å². The fraction of sp³-hybridized carbons (Fsp3) is 0.550. The molecule has 0 radical (unpaired) electrons. The second-order valence-electron chi connectivity index (χ2n) is 6.76. The Kier molecular flexibility index (Phi) is 10.6. The number of carbonyl (C=O) groups is 3. The topological polar surface area (TPSA) is 105 Å². The lowest BCUT2D eigenvalue weighted by Crippen LogP contribution is -2.28. The summed E-state index contributed by atoms with van der Waals surface area (Å²) in [6.45, 7) is 0.302. The number of aryl methyl sites for hydroxylation is 1. The molecule has 1 aliphatic rings. The Balaban J connectivity index is 0.00000392. The van der Waals surface area contributed by atoms with Gasteiger partial charge in [0.05, 0.1) is 13.0 Å². The van der Waals surface area contributed by atoms with Crippen LogP contribution in [0.4, 0.5) is 0 Å². The normalized spacial score (nSPS) is 18.5. The zero-order valence-electron chi connectivity index (χ0n) is 16.1. The summed E-state index contributed by atoms with van der Waals surface area (Å²) in [5.74, 6) is -0.290. The first-order valence-electron chi connectivity index (χ1n) is 9.25. The van der Waals surface area contributed by atoms with Crippen LogP contribution in [0.2, 0.25) is 0 Å². The Bertz CT molecular complexity index is 641. The predicted molar refractivity (Wildman–Crippen MR) is 105 cm³/mol. The highest BCUT2D eigenvalue weighted by molar-refractivity contribution is 5.85. The molecule has 1 fully saturated rings. The first-order chi connectivity index (χ1) is 13.0. The number of nitrogens with two attached hydrogens (primary N) is 1. The highest BCUT2D eigenvalue weighted by Gasteiger charge is 2.27. The second-order valence-corrected chi connectivity index (χ2v) is 6.76. The third-order valence-corrected chi connectivity index (χ3v) is 4.85. The summed E-state index contributed by atoms with van der Waals surface area (Å²) < 4.78 is 14.7. The lowest BCUT2D eigenvalue weighted by atomic mass is 9.82. The van der Waals surface area contributed by atoms with Crippen molar-refractivity contribution >= 4 is 30.3 Å². The molecule has 1 aliphatic carbocycles. The zero-order chi connectivity index (χ0) is 19.6. The van der Waals surface area contributed by atoms with Crippen molar-refractivity contribution in [1.29, 1.82) is 0 Å². The van der Waals surface area contributed by atoms with Crippen LogP contribution in [0.25, 0.3) is 0 Å². The largest absolute Gasteiger partial charge is 0.466 e. The van der Waals surface area contributed by atoms with Crippen molar-refractivity contribution < 1.29 is 28.6 Å². The molecule has 2 rings (SSSR count). The van der Waals surface area contributed by atoms with Gasteiger partial charge in [-0.05, 0) is 62.3 Å². The molecular weight excluding hydrogens is 386 g/mol. The van der Waals surface area contributed by atoms with Crippen LogP contribution in [0.1, 0.15) is 37.7 Å². The zero-order valence-corrected chi connectivity index (χ0v) is 16.9. The molecule has 0 aromatic heterocycles. The highest BCUT2D eigenvalue weighted by atomic mass is 35.5. The van der Waals surface area contributed by atoms with Crippen molar-refractivity contribution in [2.45, 2.75) is 38.5 Å². The van der Waals surface area contributed by atoms with Gasteiger partial charge < -0.3 is 19.9 Å². The molecule has 0 saturated heterocycles. The van der Waals surface area contributed by atoms with Crippen LogP contribution >= 0.6 is 12.4 Å². The molecule has 0 spiro atoms. The fourth-order valence-electron chi connectivity index (χ4n) is 3.07. The van der Waals surface area contributed by atoms with E-state index < -0.39 is 11.9 Å². The Morgan fingerprint density at radius 3 is 2.25 bits per heavy atom. The standard InChI is InChI=1S/C20H27NO6.ClH/c1-25-19(23)13-26-18(22)11-6-14-4-9-17(10-5-14)27-20(24)16-7-2-15(12-21)3-8-16;/h4-5,9-10,15-16H,2-3,6-8,11-13,21H2,1H3;1H. The molecule has 0 bridgehead atoms. The molecule has 8 heteroatoms. The van der Waals surface area contributed by atoms with Gasteiger partial charge in [0, 0.05) is 6.42 Å². The SMILES string of the molecule is COC(=O)COC(=O)CCc1ccc(OC(=O)C2CCC(CN)CC2)cc1.Cl. The van der Waals surface area contributed by atoms with Crippen LogP contribution in [0, 0.1) is 11.8 Å². The maximum atomic E-state index is 12.3. The monoisotopic (exact) mass is 413 g/mol. The summed E-state index contributed by atoms with van der Waals surface area (Å²) in [4.78, 5) is 34.7. The van der Waals surface area contributed by atoms with E-state index in [1.165, 1.54) is 7.11 Å². The van der Waals surface area contributed by atoms with Gasteiger partial charge in [0.15, 0.2) is 6.61 Å². The number of carbonyl (C=O) groups excluding carboxylic acids is 3. The van der Waals surface area contributed by atoms with Crippen LogP contribution in [-0.2, 0) is 30.3 Å². The first-order valence-corrected chi connectivity index (χ1v) is 9.25. The van der Waals surface area contributed by atoms with E-state index in [9.17, 15) is 14.4 Å². The van der Waals surface area contributed by atoms with E-state index in [1.807, 2.05) is 12.1 Å². The minimum atomic E-state index is -0.592. The Morgan fingerprint density at radius 2 is 1.68 bits per heavy atom. The number of halogens is 1. The van der Waals surface area contributed by atoms with E-state index in [4.69, 9.17) is 15.2 Å². The van der Waals surface area contributed by atoms with Crippen LogP contribution in [-0.4, -0.2) is 38.2 Å². The number of methoxy groups -OCH3 is 1. The molecule has 0 unspecified atom stereocenters. The molecule has 1 aromatic rings. The Morgan fingerprint density at radius 1 is 1.04 bits per heavy atom. The van der Waals surface area contributed by atoms with Crippen molar-refractivity contribution in [1.82, 2.24) is 0 Å². The molecular formula is C20H28ClNO6. The maximum Gasteiger partial charge on any atom is 0.344 e. The molecule has 0 heterocycles. The second kappa shape index (κ2) is 12.4. The lowest BCUT2D eigenvalue weighted by molar-refractivity contribution is -0.156. The molecule has 0 aliphatic heterocycles. The molecule has 2 N–H and O–H groups in total. The molecule has 7 nitrogen and oxygen atoms in total. The molecule has 0 atom stereocenters. The van der Waals surface area contributed by atoms with Crippen molar-refractivity contribution in [2.75, 3.05) is 20.3 Å². The van der Waals surface area contributed by atoms with E-state index in [2.05, 4.69) is 4.74 Å². The number of benzene rings is 1. The van der Waals surface area contributed by atoms with Gasteiger partial charge in [-0.3, -0.25) is 9.59 Å². The minimum Gasteiger partial charge on any atom is -0.466 e. The summed E-state index contributed by atoms with van der Waals surface area (Å²) in [6, 6.07) is 7.06. The summed E-state index contributed by atoms with van der Waals surface area (Å²) in [5.41, 5.74) is 6.59. The van der Waals surface area contributed by atoms with Crippen molar-refractivity contribution in [3.05, 3.63) is 29.8 Å². The summed E-state index contributed by atoms with van der Waals surface area (Å²) >= 11 is 0. The van der Waals surface area contributed by atoms with E-state index in [0.717, 1.165) is 31.2 Å². The average Bonchev–Trinajstić information content (AvgIpc) is 2.71. The molecule has 28 heavy (non-hydrogen) atoms. The Labute approximate surface area is 171 Å². The van der Waals surface area contributed by atoms with Gasteiger partial charge in [-0.1, -0.05) is 12.1 Å². The molecule has 1 aromatic carbocycles. The van der Waals surface area contributed by atoms with E-state index in [-0.39, 0.29) is 37.3 Å². The van der Waals surface area contributed by atoms with Gasteiger partial charge in [0.2, 0.25) is 0 Å². The minimum absolute atomic E-state index is 0. The number of esters is 3. The van der Waals surface area contributed by atoms with Crippen LogP contribution < -0.4 is 10.5 Å². The quantitative estimate of drug-likeness (QED) is 0.515. The summed E-state index contributed by atoms with van der Waals surface area (Å²) in [5, 5.41) is 0. The van der Waals surface area contributed by atoms with Crippen LogP contribution in [0.3, 0.4) is 0 Å². The van der Waals surface area contributed by atoms with Gasteiger partial charge in [-0.15, -0.1) is 12.4 Å². The lowest BCUT2D eigenvalue weighted by Gasteiger charge is -2.26. The van der Waals surface area contributed by atoms with Gasteiger partial charge in [-0.2, -0.15) is 0 Å². The number of hydrogen-bond donors (Lipinski definition) is 1. The predicted octanol–water partition coefficient (Wildman–Crippen LogP) is 2.43. The van der Waals surface area contributed by atoms with Gasteiger partial charge >= 0.3 is 17.9 Å². The van der Waals surface area contributed by atoms with Gasteiger partial charge in [0.25, 0.3) is 0 Å².